The number of fused-ring (bicyclic) bond motifs is 1. The highest BCUT2D eigenvalue weighted by atomic mass is 16.5. The Kier molecular flexibility index (Phi) is 3.94. The molecule has 0 amide bonds. The number of aromatic hydroxyl groups is 2. The molecule has 2 aromatic carbocycles. The molecule has 1 aliphatic rings. The number of carbonyl (C=O) groups excluding carboxylic acids is 1. The Morgan fingerprint density at radius 3 is 2.42 bits per heavy atom. The summed E-state index contributed by atoms with van der Waals surface area (Å²) in [6, 6.07) is 7.15. The van der Waals surface area contributed by atoms with Gasteiger partial charge in [0.2, 0.25) is 5.78 Å². The van der Waals surface area contributed by atoms with Gasteiger partial charge in [0.15, 0.2) is 23.7 Å². The van der Waals surface area contributed by atoms with Gasteiger partial charge in [0.1, 0.15) is 22.8 Å². The number of phenolic OH excluding ortho intramolecular Hbond substituents is 2. The fourth-order valence-electron chi connectivity index (χ4n) is 2.66. The van der Waals surface area contributed by atoms with Crippen molar-refractivity contribution in [1.29, 1.82) is 0 Å². The van der Waals surface area contributed by atoms with Gasteiger partial charge in [-0.05, 0) is 17.7 Å². The van der Waals surface area contributed by atoms with Gasteiger partial charge >= 0.3 is 0 Å². The molecule has 24 heavy (non-hydrogen) atoms. The molecule has 0 unspecified atom stereocenters. The number of ether oxygens (including phenoxy) is 3. The van der Waals surface area contributed by atoms with Crippen LogP contribution in [0, 0.1) is 0 Å². The minimum absolute atomic E-state index is 0.0995. The predicted octanol–water partition coefficient (Wildman–Crippen LogP) is 1.79. The van der Waals surface area contributed by atoms with E-state index in [-0.39, 0.29) is 28.6 Å². The summed E-state index contributed by atoms with van der Waals surface area (Å²) in [4.78, 5) is 12.4. The van der Waals surface area contributed by atoms with Crippen LogP contribution in [0.5, 0.6) is 28.7 Å². The maximum atomic E-state index is 12.4. The standard InChI is InChI=1S/C17H16O7/c1-22-9-6-11(19)14-13(7-9)24-17(16(21)15(14)20)8-3-4-12(23-2)10(18)5-8/h3-7,16-19,21H,1-2H3/t16-,17+/m1/s1. The number of methoxy groups -OCH3 is 2. The summed E-state index contributed by atoms with van der Waals surface area (Å²) in [7, 11) is 2.83. The fourth-order valence-corrected chi connectivity index (χ4v) is 2.66. The van der Waals surface area contributed by atoms with E-state index in [2.05, 4.69) is 0 Å². The first-order chi connectivity index (χ1) is 11.5. The minimum Gasteiger partial charge on any atom is -0.507 e. The summed E-state index contributed by atoms with van der Waals surface area (Å²) in [6.07, 6.45) is -2.56. The van der Waals surface area contributed by atoms with E-state index in [0.717, 1.165) is 0 Å². The lowest BCUT2D eigenvalue weighted by Gasteiger charge is -2.30. The van der Waals surface area contributed by atoms with Gasteiger partial charge in [-0.15, -0.1) is 0 Å². The molecule has 0 spiro atoms. The Morgan fingerprint density at radius 2 is 1.79 bits per heavy atom. The molecule has 2 aromatic rings. The third kappa shape index (κ3) is 2.48. The fraction of sp³-hybridized carbons (Fsp3) is 0.235. The lowest BCUT2D eigenvalue weighted by Crippen LogP contribution is -2.36. The molecule has 0 aromatic heterocycles. The van der Waals surface area contributed by atoms with Gasteiger partial charge < -0.3 is 29.5 Å². The summed E-state index contributed by atoms with van der Waals surface area (Å²) < 4.78 is 15.7. The summed E-state index contributed by atoms with van der Waals surface area (Å²) in [6.45, 7) is 0. The zero-order valence-corrected chi connectivity index (χ0v) is 13.0. The second kappa shape index (κ2) is 5.93. The number of carbonyl (C=O) groups is 1. The Labute approximate surface area is 137 Å². The molecule has 126 valence electrons. The third-order valence-corrected chi connectivity index (χ3v) is 3.88. The maximum Gasteiger partial charge on any atom is 0.202 e. The maximum absolute atomic E-state index is 12.4. The van der Waals surface area contributed by atoms with E-state index in [1.54, 1.807) is 6.07 Å². The van der Waals surface area contributed by atoms with E-state index in [1.165, 1.54) is 38.5 Å². The molecule has 0 radical (unpaired) electrons. The van der Waals surface area contributed by atoms with Gasteiger partial charge in [-0.2, -0.15) is 0 Å². The number of hydrogen-bond acceptors (Lipinski definition) is 7. The Bertz CT molecular complexity index is 800. The average Bonchev–Trinajstić information content (AvgIpc) is 2.57. The van der Waals surface area contributed by atoms with Crippen LogP contribution in [0.3, 0.4) is 0 Å². The molecule has 0 aliphatic carbocycles. The summed E-state index contributed by atoms with van der Waals surface area (Å²) >= 11 is 0. The van der Waals surface area contributed by atoms with E-state index in [4.69, 9.17) is 14.2 Å². The van der Waals surface area contributed by atoms with Crippen molar-refractivity contribution >= 4 is 5.78 Å². The first-order valence-corrected chi connectivity index (χ1v) is 7.13. The zero-order valence-electron chi connectivity index (χ0n) is 13.0. The molecule has 3 N–H and O–H groups in total. The number of rotatable bonds is 3. The van der Waals surface area contributed by atoms with E-state index in [1.807, 2.05) is 0 Å². The summed E-state index contributed by atoms with van der Waals surface area (Å²) in [5, 5.41) is 30.1. The highest BCUT2D eigenvalue weighted by Gasteiger charge is 2.39. The second-order valence-electron chi connectivity index (χ2n) is 5.30. The van der Waals surface area contributed by atoms with Gasteiger partial charge in [0.25, 0.3) is 0 Å². The number of ketones is 1. The van der Waals surface area contributed by atoms with Crippen molar-refractivity contribution in [2.45, 2.75) is 12.2 Å². The van der Waals surface area contributed by atoms with Gasteiger partial charge in [0.05, 0.1) is 14.2 Å². The van der Waals surface area contributed by atoms with Crippen molar-refractivity contribution in [2.24, 2.45) is 0 Å². The second-order valence-corrected chi connectivity index (χ2v) is 5.30. The monoisotopic (exact) mass is 332 g/mol. The molecule has 0 saturated heterocycles. The molecule has 1 aliphatic heterocycles. The zero-order chi connectivity index (χ0) is 17.4. The number of hydrogen-bond donors (Lipinski definition) is 3. The SMILES string of the molecule is COc1cc(O)c2c(c1)O[C@@H](c1ccc(OC)c(O)c1)[C@H](O)C2=O. The molecule has 0 bridgehead atoms. The van der Waals surface area contributed by atoms with Gasteiger partial charge in [-0.25, -0.2) is 0 Å². The Hall–Kier alpha value is -2.93. The highest BCUT2D eigenvalue weighted by Crippen LogP contribution is 2.43. The quantitative estimate of drug-likeness (QED) is 0.787. The molecule has 0 fully saturated rings. The molecule has 7 heteroatoms. The summed E-state index contributed by atoms with van der Waals surface area (Å²) in [5.41, 5.74) is 0.291. The van der Waals surface area contributed by atoms with Crippen molar-refractivity contribution < 1.29 is 34.3 Å². The number of aliphatic hydroxyl groups excluding tert-OH is 1. The van der Waals surface area contributed by atoms with E-state index in [9.17, 15) is 20.1 Å². The molecule has 3 rings (SSSR count). The van der Waals surface area contributed by atoms with E-state index < -0.39 is 18.0 Å². The third-order valence-electron chi connectivity index (χ3n) is 3.88. The number of phenols is 2. The lowest BCUT2D eigenvalue weighted by molar-refractivity contribution is 0.0210. The van der Waals surface area contributed by atoms with Crippen LogP contribution in [0.2, 0.25) is 0 Å². The van der Waals surface area contributed by atoms with E-state index >= 15 is 0 Å². The molecule has 2 atom stereocenters. The van der Waals surface area contributed by atoms with Crippen molar-refractivity contribution in [3.8, 4) is 28.7 Å². The van der Waals surface area contributed by atoms with Gasteiger partial charge in [-0.3, -0.25) is 4.79 Å². The first-order valence-electron chi connectivity index (χ1n) is 7.13. The molecule has 0 saturated carbocycles. The van der Waals surface area contributed by atoms with Crippen molar-refractivity contribution in [1.82, 2.24) is 0 Å². The number of aliphatic hydroxyl groups is 1. The van der Waals surface area contributed by atoms with Crippen molar-refractivity contribution in [3.05, 3.63) is 41.5 Å². The molecule has 7 nitrogen and oxygen atoms in total. The van der Waals surface area contributed by atoms with Crippen LogP contribution in [0.15, 0.2) is 30.3 Å². The van der Waals surface area contributed by atoms with Crippen LogP contribution in [-0.4, -0.2) is 41.4 Å². The van der Waals surface area contributed by atoms with Crippen LogP contribution < -0.4 is 14.2 Å². The average molecular weight is 332 g/mol. The highest BCUT2D eigenvalue weighted by molar-refractivity contribution is 6.05. The van der Waals surface area contributed by atoms with Crippen LogP contribution in [-0.2, 0) is 0 Å². The molecular formula is C17H16O7. The normalized spacial score (nSPS) is 19.4. The van der Waals surface area contributed by atoms with Crippen LogP contribution >= 0.6 is 0 Å². The topological polar surface area (TPSA) is 105 Å². The van der Waals surface area contributed by atoms with Crippen LogP contribution in [0.4, 0.5) is 0 Å². The van der Waals surface area contributed by atoms with Gasteiger partial charge in [-0.1, -0.05) is 6.07 Å². The smallest absolute Gasteiger partial charge is 0.202 e. The van der Waals surface area contributed by atoms with Crippen molar-refractivity contribution in [3.63, 3.8) is 0 Å². The van der Waals surface area contributed by atoms with Crippen LogP contribution in [0.25, 0.3) is 0 Å². The molecular weight excluding hydrogens is 316 g/mol. The van der Waals surface area contributed by atoms with Gasteiger partial charge in [0, 0.05) is 12.1 Å². The summed E-state index contributed by atoms with van der Waals surface area (Å²) in [5.74, 6) is -0.469. The number of benzene rings is 2. The molecule has 1 heterocycles. The first kappa shape index (κ1) is 15.9. The predicted molar refractivity (Wildman–Crippen MR) is 83.0 cm³/mol. The Balaban J connectivity index is 2.05. The Morgan fingerprint density at radius 1 is 1.04 bits per heavy atom. The lowest BCUT2D eigenvalue weighted by atomic mass is 9.92. The van der Waals surface area contributed by atoms with Crippen LogP contribution in [0.1, 0.15) is 22.0 Å². The number of Topliss-reactive ketones (excluding diaryl/α,β-unsaturated/α-hetero) is 1. The van der Waals surface area contributed by atoms with E-state index in [0.29, 0.717) is 11.3 Å². The van der Waals surface area contributed by atoms with Crippen molar-refractivity contribution in [2.75, 3.05) is 14.2 Å². The minimum atomic E-state index is -1.52. The largest absolute Gasteiger partial charge is 0.507 e.